The maximum absolute atomic E-state index is 10.8. The first kappa shape index (κ1) is 16.6. The van der Waals surface area contributed by atoms with Crippen LogP contribution in [0.15, 0.2) is 30.9 Å². The zero-order chi connectivity index (χ0) is 16.7. The number of phenolic OH excluding ortho intramolecular Hbond substituents is 1. The van der Waals surface area contributed by atoms with Crippen molar-refractivity contribution in [3.8, 4) is 5.75 Å². The van der Waals surface area contributed by atoms with Gasteiger partial charge in [0.15, 0.2) is 0 Å². The number of aryl methyl sites for hydroxylation is 1. The molecule has 120 valence electrons. The Bertz CT molecular complexity index is 670. The van der Waals surface area contributed by atoms with Crippen molar-refractivity contribution in [2.24, 2.45) is 7.05 Å². The highest BCUT2D eigenvalue weighted by Gasteiger charge is 2.25. The highest BCUT2D eigenvalue weighted by Crippen LogP contribution is 2.37. The van der Waals surface area contributed by atoms with Crippen LogP contribution >= 0.6 is 0 Å². The van der Waals surface area contributed by atoms with E-state index in [4.69, 9.17) is 0 Å². The minimum Gasteiger partial charge on any atom is -0.507 e. The molecule has 3 heteroatoms. The molecule has 1 aromatic carbocycles. The van der Waals surface area contributed by atoms with Crippen LogP contribution in [0, 0.1) is 0 Å². The molecule has 0 bridgehead atoms. The second-order valence-corrected chi connectivity index (χ2v) is 8.28. The number of hydrogen-bond donors (Lipinski definition) is 1. The lowest BCUT2D eigenvalue weighted by molar-refractivity contribution is -0.671. The van der Waals surface area contributed by atoms with E-state index in [9.17, 15) is 5.11 Å². The number of nitrogens with zero attached hydrogens (tertiary/aromatic N) is 2. The van der Waals surface area contributed by atoms with Crippen molar-refractivity contribution in [1.82, 2.24) is 4.57 Å². The molecule has 0 spiro atoms. The van der Waals surface area contributed by atoms with E-state index < -0.39 is 0 Å². The molecule has 0 aliphatic carbocycles. The first-order valence-corrected chi connectivity index (χ1v) is 7.86. The second kappa shape index (κ2) is 5.45. The molecular weight excluding hydrogens is 272 g/mol. The Morgan fingerprint density at radius 2 is 1.68 bits per heavy atom. The number of aromatic hydroxyl groups is 1. The standard InChI is InChI=1S/C19H28N2O/c1-18(2,3)15-10-14(12-21-9-8-20(7)13-21)17(22)16(11-15)19(4,5)6/h8-11,13H,12H2,1-7H3/p+1. The van der Waals surface area contributed by atoms with Gasteiger partial charge in [0.05, 0.1) is 7.05 Å². The molecule has 0 saturated heterocycles. The zero-order valence-electron chi connectivity index (χ0n) is 14.9. The van der Waals surface area contributed by atoms with Crippen LogP contribution in [-0.4, -0.2) is 9.67 Å². The van der Waals surface area contributed by atoms with Gasteiger partial charge in [-0.15, -0.1) is 0 Å². The Morgan fingerprint density at radius 3 is 2.14 bits per heavy atom. The zero-order valence-corrected chi connectivity index (χ0v) is 14.9. The van der Waals surface area contributed by atoms with Gasteiger partial charge in [-0.2, -0.15) is 0 Å². The van der Waals surface area contributed by atoms with Crippen molar-refractivity contribution in [3.05, 3.63) is 47.5 Å². The summed E-state index contributed by atoms with van der Waals surface area (Å²) < 4.78 is 4.10. The first-order chi connectivity index (χ1) is 9.98. The van der Waals surface area contributed by atoms with E-state index in [1.807, 2.05) is 30.3 Å². The van der Waals surface area contributed by atoms with Crippen LogP contribution in [0.3, 0.4) is 0 Å². The molecule has 1 heterocycles. The van der Waals surface area contributed by atoms with E-state index >= 15 is 0 Å². The largest absolute Gasteiger partial charge is 0.507 e. The lowest BCUT2D eigenvalue weighted by atomic mass is 9.79. The number of aromatic nitrogens is 2. The van der Waals surface area contributed by atoms with E-state index in [2.05, 4.69) is 58.2 Å². The molecule has 0 aliphatic rings. The third-order valence-corrected chi connectivity index (χ3v) is 4.04. The second-order valence-electron chi connectivity index (χ2n) is 8.28. The molecule has 0 saturated carbocycles. The van der Waals surface area contributed by atoms with Gasteiger partial charge in [0.25, 0.3) is 0 Å². The Labute approximate surface area is 134 Å². The normalized spacial score (nSPS) is 12.7. The third-order valence-electron chi connectivity index (χ3n) is 4.04. The number of imidazole rings is 1. The van der Waals surface area contributed by atoms with E-state index in [1.165, 1.54) is 5.56 Å². The lowest BCUT2D eigenvalue weighted by Crippen LogP contribution is -2.24. The summed E-state index contributed by atoms with van der Waals surface area (Å²) in [6, 6.07) is 4.30. The summed E-state index contributed by atoms with van der Waals surface area (Å²) >= 11 is 0. The Morgan fingerprint density at radius 1 is 1.05 bits per heavy atom. The quantitative estimate of drug-likeness (QED) is 0.843. The molecule has 0 fully saturated rings. The van der Waals surface area contributed by atoms with Gasteiger partial charge in [0, 0.05) is 5.56 Å². The summed E-state index contributed by atoms with van der Waals surface area (Å²) in [5, 5.41) is 10.8. The topological polar surface area (TPSA) is 29.0 Å². The minimum absolute atomic E-state index is 0.0593. The summed E-state index contributed by atoms with van der Waals surface area (Å²) in [5.74, 6) is 0.428. The predicted molar refractivity (Wildman–Crippen MR) is 90.2 cm³/mol. The monoisotopic (exact) mass is 301 g/mol. The van der Waals surface area contributed by atoms with Gasteiger partial charge in [-0.25, -0.2) is 9.13 Å². The molecule has 2 aromatic rings. The van der Waals surface area contributed by atoms with E-state index in [-0.39, 0.29) is 10.8 Å². The molecule has 1 aromatic heterocycles. The molecule has 0 atom stereocenters. The third kappa shape index (κ3) is 3.52. The van der Waals surface area contributed by atoms with Crippen LogP contribution in [-0.2, 0) is 24.4 Å². The fourth-order valence-electron chi connectivity index (χ4n) is 2.61. The number of phenols is 1. The molecule has 1 N–H and O–H groups in total. The van der Waals surface area contributed by atoms with Gasteiger partial charge in [0.1, 0.15) is 24.7 Å². The van der Waals surface area contributed by atoms with Crippen molar-refractivity contribution >= 4 is 0 Å². The van der Waals surface area contributed by atoms with E-state index in [1.54, 1.807) is 0 Å². The van der Waals surface area contributed by atoms with E-state index in [0.29, 0.717) is 12.3 Å². The van der Waals surface area contributed by atoms with Crippen molar-refractivity contribution < 1.29 is 9.67 Å². The first-order valence-electron chi connectivity index (χ1n) is 7.86. The fraction of sp³-hybridized carbons (Fsp3) is 0.526. The smallest absolute Gasteiger partial charge is 0.243 e. The Hall–Kier alpha value is -1.77. The molecule has 3 nitrogen and oxygen atoms in total. The van der Waals surface area contributed by atoms with Gasteiger partial charge in [-0.1, -0.05) is 47.6 Å². The van der Waals surface area contributed by atoms with Crippen molar-refractivity contribution in [1.29, 1.82) is 0 Å². The lowest BCUT2D eigenvalue weighted by Gasteiger charge is -2.27. The maximum Gasteiger partial charge on any atom is 0.243 e. The molecular formula is C19H29N2O+. The SMILES string of the molecule is C[n+]1ccn(Cc2cc(C(C)(C)C)cc(C(C)(C)C)c2O)c1. The summed E-state index contributed by atoms with van der Waals surface area (Å²) in [6.45, 7) is 13.8. The average Bonchev–Trinajstić information content (AvgIpc) is 2.74. The van der Waals surface area contributed by atoms with Crippen LogP contribution in [0.5, 0.6) is 5.75 Å². The molecule has 0 amide bonds. The molecule has 0 unspecified atom stereocenters. The Balaban J connectivity index is 2.56. The average molecular weight is 301 g/mol. The summed E-state index contributed by atoms with van der Waals surface area (Å²) in [5.41, 5.74) is 3.24. The van der Waals surface area contributed by atoms with Gasteiger partial charge in [-0.05, 0) is 28.0 Å². The van der Waals surface area contributed by atoms with Crippen molar-refractivity contribution in [2.45, 2.75) is 58.9 Å². The van der Waals surface area contributed by atoms with Crippen LogP contribution in [0.1, 0.15) is 58.2 Å². The highest BCUT2D eigenvalue weighted by molar-refractivity contribution is 5.48. The van der Waals surface area contributed by atoms with Gasteiger partial charge >= 0.3 is 0 Å². The highest BCUT2D eigenvalue weighted by atomic mass is 16.3. The van der Waals surface area contributed by atoms with Crippen LogP contribution < -0.4 is 4.57 Å². The number of hydrogen-bond acceptors (Lipinski definition) is 1. The molecule has 0 aliphatic heterocycles. The summed E-state index contributed by atoms with van der Waals surface area (Å²) in [7, 11) is 2.00. The number of benzene rings is 1. The molecule has 22 heavy (non-hydrogen) atoms. The minimum atomic E-state index is -0.0819. The molecule has 2 rings (SSSR count). The Kier molecular flexibility index (Phi) is 4.12. The fourth-order valence-corrected chi connectivity index (χ4v) is 2.61. The molecule has 0 radical (unpaired) electrons. The number of rotatable bonds is 2. The summed E-state index contributed by atoms with van der Waals surface area (Å²) in [4.78, 5) is 0. The van der Waals surface area contributed by atoms with Crippen LogP contribution in [0.4, 0.5) is 0 Å². The van der Waals surface area contributed by atoms with Crippen molar-refractivity contribution in [3.63, 3.8) is 0 Å². The van der Waals surface area contributed by atoms with Gasteiger partial charge < -0.3 is 5.11 Å². The van der Waals surface area contributed by atoms with Crippen molar-refractivity contribution in [2.75, 3.05) is 0 Å². The van der Waals surface area contributed by atoms with Gasteiger partial charge in [0.2, 0.25) is 6.33 Å². The van der Waals surface area contributed by atoms with Gasteiger partial charge in [-0.3, -0.25) is 0 Å². The van der Waals surface area contributed by atoms with Crippen LogP contribution in [0.25, 0.3) is 0 Å². The maximum atomic E-state index is 10.8. The van der Waals surface area contributed by atoms with E-state index in [0.717, 1.165) is 11.1 Å². The van der Waals surface area contributed by atoms with Crippen LogP contribution in [0.2, 0.25) is 0 Å². The summed E-state index contributed by atoms with van der Waals surface area (Å²) in [6.07, 6.45) is 6.06. The predicted octanol–water partition coefficient (Wildman–Crippen LogP) is 3.66.